The molecule has 1 amide bonds. The zero-order valence-corrected chi connectivity index (χ0v) is 18.9. The first-order valence-electron chi connectivity index (χ1n) is 10.0. The molecule has 164 valence electrons. The lowest BCUT2D eigenvalue weighted by atomic mass is 10.2. The number of hydrogen-bond donors (Lipinski definition) is 1. The lowest BCUT2D eigenvalue weighted by Crippen LogP contribution is -2.46. The van der Waals surface area contributed by atoms with Crippen LogP contribution in [0.5, 0.6) is 0 Å². The van der Waals surface area contributed by atoms with Crippen LogP contribution in [-0.2, 0) is 21.2 Å². The van der Waals surface area contributed by atoms with Gasteiger partial charge in [-0.25, -0.2) is 8.42 Å². The van der Waals surface area contributed by atoms with E-state index in [1.54, 1.807) is 24.3 Å². The van der Waals surface area contributed by atoms with E-state index < -0.39 is 9.84 Å². The number of halogens is 1. The van der Waals surface area contributed by atoms with E-state index >= 15 is 0 Å². The number of sulfone groups is 1. The standard InChI is InChI=1S/C22H29N3O3S.ClH/c1-19(26)23-21-8-10-22(11-9-21)29(27,28)17-5-12-24-13-15-25(16-14-24)18-20-6-3-2-4-7-20;/h2-4,6-11H,5,12-18H2,1H3,(H,23,26);1H. The third-order valence-electron chi connectivity index (χ3n) is 5.14. The predicted molar refractivity (Wildman–Crippen MR) is 123 cm³/mol. The number of hydrogen-bond acceptors (Lipinski definition) is 5. The fraction of sp³-hybridized carbons (Fsp3) is 0.409. The molecule has 0 unspecified atom stereocenters. The van der Waals surface area contributed by atoms with Gasteiger partial charge < -0.3 is 10.2 Å². The van der Waals surface area contributed by atoms with Crippen molar-refractivity contribution < 1.29 is 13.2 Å². The average Bonchev–Trinajstić information content (AvgIpc) is 2.70. The number of amides is 1. The Morgan fingerprint density at radius 3 is 2.13 bits per heavy atom. The number of nitrogens with one attached hydrogen (secondary N) is 1. The van der Waals surface area contributed by atoms with Crippen LogP contribution in [0.1, 0.15) is 18.9 Å². The molecule has 0 aliphatic carbocycles. The van der Waals surface area contributed by atoms with Gasteiger partial charge in [0.05, 0.1) is 10.6 Å². The van der Waals surface area contributed by atoms with Gasteiger partial charge in [-0.05, 0) is 42.8 Å². The molecule has 1 aliphatic rings. The first-order valence-corrected chi connectivity index (χ1v) is 11.7. The minimum Gasteiger partial charge on any atom is -0.326 e. The molecule has 0 bridgehead atoms. The van der Waals surface area contributed by atoms with Gasteiger partial charge in [0.2, 0.25) is 5.91 Å². The van der Waals surface area contributed by atoms with Crippen LogP contribution in [0, 0.1) is 0 Å². The lowest BCUT2D eigenvalue weighted by molar-refractivity contribution is -0.114. The minimum atomic E-state index is -3.31. The summed E-state index contributed by atoms with van der Waals surface area (Å²) in [5.41, 5.74) is 1.93. The van der Waals surface area contributed by atoms with E-state index in [1.807, 2.05) is 6.07 Å². The highest BCUT2D eigenvalue weighted by Crippen LogP contribution is 2.17. The summed E-state index contributed by atoms with van der Waals surface area (Å²) in [5, 5.41) is 2.64. The molecule has 0 atom stereocenters. The second kappa shape index (κ2) is 11.5. The molecule has 6 nitrogen and oxygen atoms in total. The second-order valence-corrected chi connectivity index (χ2v) is 9.59. The van der Waals surface area contributed by atoms with Crippen LogP contribution in [0.15, 0.2) is 59.5 Å². The summed E-state index contributed by atoms with van der Waals surface area (Å²) in [7, 11) is -3.31. The fourth-order valence-corrected chi connectivity index (χ4v) is 4.85. The number of carbonyl (C=O) groups is 1. The number of piperazine rings is 1. The van der Waals surface area contributed by atoms with Crippen LogP contribution >= 0.6 is 12.4 Å². The van der Waals surface area contributed by atoms with Gasteiger partial charge in [-0.1, -0.05) is 30.3 Å². The molecular weight excluding hydrogens is 422 g/mol. The molecule has 1 aliphatic heterocycles. The molecule has 1 fully saturated rings. The van der Waals surface area contributed by atoms with E-state index in [-0.39, 0.29) is 24.1 Å². The molecule has 1 saturated heterocycles. The Balaban J connectivity index is 0.00000320. The fourth-order valence-electron chi connectivity index (χ4n) is 3.56. The van der Waals surface area contributed by atoms with Gasteiger partial charge in [0.1, 0.15) is 0 Å². The Labute approximate surface area is 185 Å². The molecule has 0 radical (unpaired) electrons. The summed E-state index contributed by atoms with van der Waals surface area (Å²) >= 11 is 0. The van der Waals surface area contributed by atoms with E-state index in [1.165, 1.54) is 12.5 Å². The molecule has 0 saturated carbocycles. The van der Waals surface area contributed by atoms with Gasteiger partial charge in [-0.3, -0.25) is 9.69 Å². The molecule has 3 rings (SSSR count). The Hall–Kier alpha value is -1.93. The van der Waals surface area contributed by atoms with Crippen molar-refractivity contribution in [2.24, 2.45) is 0 Å². The highest BCUT2D eigenvalue weighted by atomic mass is 35.5. The average molecular weight is 452 g/mol. The third-order valence-corrected chi connectivity index (χ3v) is 6.95. The van der Waals surface area contributed by atoms with Crippen molar-refractivity contribution in [2.45, 2.75) is 24.8 Å². The van der Waals surface area contributed by atoms with Crippen molar-refractivity contribution >= 4 is 33.8 Å². The highest BCUT2D eigenvalue weighted by Gasteiger charge is 2.19. The van der Waals surface area contributed by atoms with Crippen LogP contribution in [0.4, 0.5) is 5.69 Å². The van der Waals surface area contributed by atoms with Gasteiger partial charge >= 0.3 is 0 Å². The number of rotatable bonds is 8. The van der Waals surface area contributed by atoms with Gasteiger partial charge in [-0.15, -0.1) is 12.4 Å². The van der Waals surface area contributed by atoms with Crippen LogP contribution in [0.3, 0.4) is 0 Å². The van der Waals surface area contributed by atoms with Crippen molar-refractivity contribution in [3.05, 3.63) is 60.2 Å². The Morgan fingerprint density at radius 1 is 0.933 bits per heavy atom. The smallest absolute Gasteiger partial charge is 0.221 e. The van der Waals surface area contributed by atoms with Crippen LogP contribution < -0.4 is 5.32 Å². The van der Waals surface area contributed by atoms with Crippen molar-refractivity contribution in [3.63, 3.8) is 0 Å². The topological polar surface area (TPSA) is 69.7 Å². The Bertz CT molecular complexity index is 897. The zero-order valence-electron chi connectivity index (χ0n) is 17.3. The van der Waals surface area contributed by atoms with Gasteiger partial charge in [-0.2, -0.15) is 0 Å². The Kier molecular flexibility index (Phi) is 9.30. The molecule has 30 heavy (non-hydrogen) atoms. The maximum atomic E-state index is 12.5. The normalized spacial score (nSPS) is 15.4. The molecule has 8 heteroatoms. The van der Waals surface area contributed by atoms with Crippen LogP contribution in [0.25, 0.3) is 0 Å². The van der Waals surface area contributed by atoms with E-state index in [2.05, 4.69) is 39.4 Å². The number of nitrogens with zero attached hydrogens (tertiary/aromatic N) is 2. The summed E-state index contributed by atoms with van der Waals surface area (Å²) in [6.07, 6.45) is 0.620. The first-order chi connectivity index (χ1) is 13.9. The number of carbonyl (C=O) groups excluding carboxylic acids is 1. The van der Waals surface area contributed by atoms with Crippen molar-refractivity contribution in [1.29, 1.82) is 0 Å². The molecule has 0 spiro atoms. The summed E-state index contributed by atoms with van der Waals surface area (Å²) in [6.45, 7) is 7.14. The van der Waals surface area contributed by atoms with Crippen LogP contribution in [-0.4, -0.2) is 62.6 Å². The highest BCUT2D eigenvalue weighted by molar-refractivity contribution is 7.91. The first kappa shape index (κ1) is 24.3. The summed E-state index contributed by atoms with van der Waals surface area (Å²) < 4.78 is 25.1. The predicted octanol–water partition coefficient (Wildman–Crippen LogP) is 3.05. The lowest BCUT2D eigenvalue weighted by Gasteiger charge is -2.34. The van der Waals surface area contributed by atoms with E-state index in [4.69, 9.17) is 0 Å². The van der Waals surface area contributed by atoms with Crippen LogP contribution in [0.2, 0.25) is 0 Å². The maximum Gasteiger partial charge on any atom is 0.221 e. The van der Waals surface area contributed by atoms with E-state index in [9.17, 15) is 13.2 Å². The minimum absolute atomic E-state index is 0. The third kappa shape index (κ3) is 7.40. The molecule has 1 N–H and O–H groups in total. The van der Waals surface area contributed by atoms with Gasteiger partial charge in [0, 0.05) is 45.3 Å². The largest absolute Gasteiger partial charge is 0.326 e. The number of benzene rings is 2. The zero-order chi connectivity index (χ0) is 20.7. The molecule has 0 aromatic heterocycles. The molecular formula is C22H30ClN3O3S. The summed E-state index contributed by atoms with van der Waals surface area (Å²) in [6, 6.07) is 16.8. The van der Waals surface area contributed by atoms with Crippen molar-refractivity contribution in [2.75, 3.05) is 43.8 Å². The molecule has 2 aromatic rings. The SMILES string of the molecule is CC(=O)Nc1ccc(S(=O)(=O)CCCN2CCN(Cc3ccccc3)CC2)cc1.Cl. The van der Waals surface area contributed by atoms with Crippen molar-refractivity contribution in [1.82, 2.24) is 9.80 Å². The summed E-state index contributed by atoms with van der Waals surface area (Å²) in [5.74, 6) is -0.0408. The monoisotopic (exact) mass is 451 g/mol. The van der Waals surface area contributed by atoms with Crippen molar-refractivity contribution in [3.8, 4) is 0 Å². The Morgan fingerprint density at radius 2 is 1.53 bits per heavy atom. The second-order valence-electron chi connectivity index (χ2n) is 7.48. The molecule has 1 heterocycles. The maximum absolute atomic E-state index is 12.5. The van der Waals surface area contributed by atoms with Gasteiger partial charge in [0.15, 0.2) is 9.84 Å². The quantitative estimate of drug-likeness (QED) is 0.668. The van der Waals surface area contributed by atoms with Gasteiger partial charge in [0.25, 0.3) is 0 Å². The number of anilines is 1. The van der Waals surface area contributed by atoms with E-state index in [0.717, 1.165) is 39.3 Å². The summed E-state index contributed by atoms with van der Waals surface area (Å²) in [4.78, 5) is 16.2. The molecule has 2 aromatic carbocycles. The van der Waals surface area contributed by atoms with E-state index in [0.29, 0.717) is 17.0 Å².